The summed E-state index contributed by atoms with van der Waals surface area (Å²) < 4.78 is 22.8. The highest BCUT2D eigenvalue weighted by Crippen LogP contribution is 2.30. The Morgan fingerprint density at radius 2 is 1.28 bits per heavy atom. The van der Waals surface area contributed by atoms with E-state index in [2.05, 4.69) is 0 Å². The molecule has 0 radical (unpaired) electrons. The zero-order valence-electron chi connectivity index (χ0n) is 20.3. The Bertz CT molecular complexity index is 1310. The molecule has 36 heavy (non-hydrogen) atoms. The molecule has 0 N–H and O–H groups in total. The van der Waals surface area contributed by atoms with Gasteiger partial charge in [0.05, 0.1) is 7.11 Å². The van der Waals surface area contributed by atoms with E-state index in [9.17, 15) is 4.79 Å². The molecule has 0 fully saturated rings. The molecule has 4 rings (SSSR count). The Morgan fingerprint density at radius 3 is 1.92 bits per heavy atom. The van der Waals surface area contributed by atoms with E-state index in [1.54, 1.807) is 19.2 Å². The third-order valence-electron chi connectivity index (χ3n) is 5.31. The minimum atomic E-state index is -0.388. The molecule has 5 nitrogen and oxygen atoms in total. The maximum absolute atomic E-state index is 11.5. The summed E-state index contributed by atoms with van der Waals surface area (Å²) in [5.41, 5.74) is 3.89. The summed E-state index contributed by atoms with van der Waals surface area (Å²) in [6.07, 6.45) is 3.90. The lowest BCUT2D eigenvalue weighted by molar-refractivity contribution is -0.131. The molecule has 0 aliphatic rings. The van der Waals surface area contributed by atoms with Crippen LogP contribution >= 0.6 is 0 Å². The van der Waals surface area contributed by atoms with E-state index >= 15 is 0 Å². The van der Waals surface area contributed by atoms with Crippen molar-refractivity contribution < 1.29 is 23.7 Å². The molecule has 0 bridgehead atoms. The Labute approximate surface area is 211 Å². The van der Waals surface area contributed by atoms with Gasteiger partial charge in [0.25, 0.3) is 0 Å². The first-order chi connectivity index (χ1) is 17.6. The summed E-state index contributed by atoms with van der Waals surface area (Å²) in [5, 5.41) is 0. The smallest absolute Gasteiger partial charge is 0.308 e. The van der Waals surface area contributed by atoms with Crippen LogP contribution in [0.5, 0.6) is 23.0 Å². The quantitative estimate of drug-likeness (QED) is 0.140. The molecule has 0 saturated heterocycles. The molecule has 0 saturated carbocycles. The van der Waals surface area contributed by atoms with Crippen LogP contribution < -0.4 is 18.9 Å². The van der Waals surface area contributed by atoms with Gasteiger partial charge in [-0.1, -0.05) is 78.9 Å². The van der Waals surface area contributed by atoms with E-state index in [-0.39, 0.29) is 5.97 Å². The van der Waals surface area contributed by atoms with Gasteiger partial charge in [0.15, 0.2) is 11.5 Å². The number of hydrogen-bond donors (Lipinski definition) is 0. The van der Waals surface area contributed by atoms with Crippen molar-refractivity contribution in [3.05, 3.63) is 119 Å². The van der Waals surface area contributed by atoms with Crippen molar-refractivity contribution in [3.8, 4) is 23.0 Å². The lowest BCUT2D eigenvalue weighted by Gasteiger charge is -2.12. The van der Waals surface area contributed by atoms with Crippen molar-refractivity contribution in [3.63, 3.8) is 0 Å². The first-order valence-electron chi connectivity index (χ1n) is 11.6. The van der Waals surface area contributed by atoms with Crippen LogP contribution in [-0.4, -0.2) is 13.1 Å². The van der Waals surface area contributed by atoms with Crippen LogP contribution in [0.1, 0.15) is 29.2 Å². The Kier molecular flexibility index (Phi) is 8.39. The van der Waals surface area contributed by atoms with Gasteiger partial charge in [-0.15, -0.1) is 0 Å². The first-order valence-corrected chi connectivity index (χ1v) is 11.6. The van der Waals surface area contributed by atoms with Gasteiger partial charge in [-0.25, -0.2) is 0 Å². The summed E-state index contributed by atoms with van der Waals surface area (Å²) >= 11 is 0. The SMILES string of the molecule is COc1ccc(C=Cc2cc(OCc3ccccc3)cc(OC(C)=O)c2)cc1OCc1ccccc1. The van der Waals surface area contributed by atoms with Crippen molar-refractivity contribution in [1.82, 2.24) is 0 Å². The molecule has 182 valence electrons. The fraction of sp³-hybridized carbons (Fsp3) is 0.129. The molecule has 0 aliphatic heterocycles. The molecule has 0 heterocycles. The monoisotopic (exact) mass is 480 g/mol. The highest BCUT2D eigenvalue weighted by Gasteiger charge is 2.07. The Morgan fingerprint density at radius 1 is 0.667 bits per heavy atom. The molecule has 4 aromatic carbocycles. The number of esters is 1. The van der Waals surface area contributed by atoms with E-state index in [1.807, 2.05) is 97.1 Å². The van der Waals surface area contributed by atoms with Crippen LogP contribution in [0.25, 0.3) is 12.2 Å². The molecule has 0 aliphatic carbocycles. The number of carbonyl (C=O) groups is 1. The second kappa shape index (κ2) is 12.3. The van der Waals surface area contributed by atoms with Crippen molar-refractivity contribution in [2.24, 2.45) is 0 Å². The summed E-state index contributed by atoms with van der Waals surface area (Å²) in [6, 6.07) is 31.0. The molecular weight excluding hydrogens is 452 g/mol. The van der Waals surface area contributed by atoms with Gasteiger partial charge < -0.3 is 18.9 Å². The normalized spacial score (nSPS) is 10.7. The Balaban J connectivity index is 1.53. The predicted molar refractivity (Wildman–Crippen MR) is 141 cm³/mol. The van der Waals surface area contributed by atoms with Gasteiger partial charge in [0, 0.05) is 13.0 Å². The Hall–Kier alpha value is -4.51. The standard InChI is InChI=1S/C31H28O5/c1-23(32)36-29-18-27(17-28(20-29)34-21-25-9-5-3-6-10-25)14-13-24-15-16-30(33-2)31(19-24)35-22-26-11-7-4-8-12-26/h3-20H,21-22H2,1-2H3. The molecule has 4 aromatic rings. The summed E-state index contributed by atoms with van der Waals surface area (Å²) in [4.78, 5) is 11.5. The molecule has 0 spiro atoms. The molecular formula is C31H28O5. The largest absolute Gasteiger partial charge is 0.493 e. The van der Waals surface area contributed by atoms with Crippen molar-refractivity contribution >= 4 is 18.1 Å². The van der Waals surface area contributed by atoms with Gasteiger partial charge in [-0.2, -0.15) is 0 Å². The molecule has 0 aromatic heterocycles. The van der Waals surface area contributed by atoms with Gasteiger partial charge in [0.2, 0.25) is 0 Å². The minimum absolute atomic E-state index is 0.388. The minimum Gasteiger partial charge on any atom is -0.493 e. The maximum Gasteiger partial charge on any atom is 0.308 e. The summed E-state index contributed by atoms with van der Waals surface area (Å²) in [5.74, 6) is 1.97. The number of carbonyl (C=O) groups excluding carboxylic acids is 1. The van der Waals surface area contributed by atoms with Crippen LogP contribution in [0.4, 0.5) is 0 Å². The fourth-order valence-corrected chi connectivity index (χ4v) is 3.58. The average molecular weight is 481 g/mol. The van der Waals surface area contributed by atoms with Gasteiger partial charge in [0.1, 0.15) is 24.7 Å². The number of ether oxygens (including phenoxy) is 4. The fourth-order valence-electron chi connectivity index (χ4n) is 3.58. The van der Waals surface area contributed by atoms with Gasteiger partial charge in [-0.05, 0) is 46.5 Å². The molecule has 0 unspecified atom stereocenters. The predicted octanol–water partition coefficient (Wildman–Crippen LogP) is 6.95. The van der Waals surface area contributed by atoms with E-state index in [1.165, 1.54) is 6.92 Å². The van der Waals surface area contributed by atoms with Crippen LogP contribution in [0.3, 0.4) is 0 Å². The van der Waals surface area contributed by atoms with E-state index in [0.717, 1.165) is 22.3 Å². The van der Waals surface area contributed by atoms with E-state index in [4.69, 9.17) is 18.9 Å². The maximum atomic E-state index is 11.5. The van der Waals surface area contributed by atoms with E-state index in [0.29, 0.717) is 36.2 Å². The van der Waals surface area contributed by atoms with Gasteiger partial charge >= 0.3 is 5.97 Å². The first kappa shape index (κ1) is 24.6. The zero-order valence-corrected chi connectivity index (χ0v) is 20.3. The lowest BCUT2D eigenvalue weighted by atomic mass is 10.1. The summed E-state index contributed by atoms with van der Waals surface area (Å²) in [6.45, 7) is 2.23. The van der Waals surface area contributed by atoms with E-state index < -0.39 is 0 Å². The number of rotatable bonds is 10. The molecule has 0 atom stereocenters. The second-order valence-electron chi connectivity index (χ2n) is 8.12. The average Bonchev–Trinajstić information content (AvgIpc) is 2.90. The van der Waals surface area contributed by atoms with Crippen LogP contribution in [0, 0.1) is 0 Å². The van der Waals surface area contributed by atoms with Crippen molar-refractivity contribution in [2.75, 3.05) is 7.11 Å². The van der Waals surface area contributed by atoms with Gasteiger partial charge in [-0.3, -0.25) is 4.79 Å². The van der Waals surface area contributed by atoms with Crippen LogP contribution in [-0.2, 0) is 18.0 Å². The highest BCUT2D eigenvalue weighted by molar-refractivity contribution is 5.74. The zero-order chi connectivity index (χ0) is 25.2. The second-order valence-corrected chi connectivity index (χ2v) is 8.12. The molecule has 5 heteroatoms. The van der Waals surface area contributed by atoms with Crippen molar-refractivity contribution in [1.29, 1.82) is 0 Å². The van der Waals surface area contributed by atoms with Crippen LogP contribution in [0.2, 0.25) is 0 Å². The van der Waals surface area contributed by atoms with Crippen molar-refractivity contribution in [2.45, 2.75) is 20.1 Å². The van der Waals surface area contributed by atoms with Crippen LogP contribution in [0.15, 0.2) is 97.1 Å². The number of benzene rings is 4. The third kappa shape index (κ3) is 7.24. The number of hydrogen-bond acceptors (Lipinski definition) is 5. The lowest BCUT2D eigenvalue weighted by Crippen LogP contribution is -2.02. The summed E-state index contributed by atoms with van der Waals surface area (Å²) in [7, 11) is 1.62. The third-order valence-corrected chi connectivity index (χ3v) is 5.31. The molecule has 0 amide bonds. The topological polar surface area (TPSA) is 54.0 Å². The highest BCUT2D eigenvalue weighted by atomic mass is 16.5. The number of methoxy groups -OCH3 is 1.